The van der Waals surface area contributed by atoms with Gasteiger partial charge in [0.1, 0.15) is 23.5 Å². The summed E-state index contributed by atoms with van der Waals surface area (Å²) in [6.45, 7) is 1.29. The largest absolute Gasteiger partial charge is 0.486 e. The number of carbonyl (C=O) groups is 1. The van der Waals surface area contributed by atoms with Crippen LogP contribution in [0.5, 0.6) is 5.75 Å². The second kappa shape index (κ2) is 8.97. The average molecular weight is 554 g/mol. The summed E-state index contributed by atoms with van der Waals surface area (Å²) in [4.78, 5) is 11.0. The number of aliphatic carboxylic acids is 1. The Hall–Kier alpha value is -3.67. The molecule has 1 heterocycles. The minimum absolute atomic E-state index is 0.0144. The van der Waals surface area contributed by atoms with Crippen molar-refractivity contribution in [2.75, 3.05) is 10.8 Å². The molecule has 6 nitrogen and oxygen atoms in total. The van der Waals surface area contributed by atoms with Crippen molar-refractivity contribution in [3.05, 3.63) is 77.9 Å². The Morgan fingerprint density at radius 2 is 1.79 bits per heavy atom. The molecule has 1 aliphatic carbocycles. The van der Waals surface area contributed by atoms with Crippen LogP contribution in [0.4, 0.5) is 27.6 Å². The first kappa shape index (κ1) is 26.0. The lowest BCUT2D eigenvalue weighted by Crippen LogP contribution is -2.45. The lowest BCUT2D eigenvalue weighted by molar-refractivity contribution is -0.139. The third kappa shape index (κ3) is 4.46. The molecule has 1 saturated carbocycles. The molecule has 3 aromatic rings. The standard InChI is InChI=1S/C26H20F5NO5S/c1-13-23(24(13)25(33)34)22-12-32(38(35,36)17-4-2-3-15(10-17)26(29,30)31)20-9-14(5-8-21(20)37-22)18-11-16(27)6-7-19(18)28/h2-11,13,22-24H,12H2,1H3,(H,33,34). The molecule has 1 aliphatic heterocycles. The first-order valence-electron chi connectivity index (χ1n) is 11.5. The van der Waals surface area contributed by atoms with Crippen LogP contribution in [0, 0.1) is 29.4 Å². The molecule has 1 N–H and O–H groups in total. The highest BCUT2D eigenvalue weighted by Crippen LogP contribution is 2.52. The molecule has 38 heavy (non-hydrogen) atoms. The highest BCUT2D eigenvalue weighted by atomic mass is 32.2. The fourth-order valence-electron chi connectivity index (χ4n) is 5.00. The molecule has 4 unspecified atom stereocenters. The molecule has 0 aromatic heterocycles. The third-order valence-electron chi connectivity index (χ3n) is 7.00. The Morgan fingerprint density at radius 3 is 2.45 bits per heavy atom. The Kier molecular flexibility index (Phi) is 6.13. The molecule has 200 valence electrons. The summed E-state index contributed by atoms with van der Waals surface area (Å²) < 4.78 is 103. The zero-order valence-electron chi connectivity index (χ0n) is 19.6. The summed E-state index contributed by atoms with van der Waals surface area (Å²) in [5.74, 6) is -4.20. The van der Waals surface area contributed by atoms with Crippen molar-refractivity contribution in [2.45, 2.75) is 24.1 Å². The van der Waals surface area contributed by atoms with Gasteiger partial charge in [0, 0.05) is 11.5 Å². The van der Waals surface area contributed by atoms with Crippen LogP contribution in [0.25, 0.3) is 11.1 Å². The third-order valence-corrected chi connectivity index (χ3v) is 8.78. The van der Waals surface area contributed by atoms with Gasteiger partial charge in [-0.15, -0.1) is 0 Å². The number of benzene rings is 3. The van der Waals surface area contributed by atoms with Crippen LogP contribution in [0.1, 0.15) is 12.5 Å². The second-order valence-corrected chi connectivity index (χ2v) is 11.2. The Balaban J connectivity index is 1.63. The molecule has 3 aromatic carbocycles. The number of hydrogen-bond donors (Lipinski definition) is 1. The van der Waals surface area contributed by atoms with Gasteiger partial charge in [-0.1, -0.05) is 19.1 Å². The van der Waals surface area contributed by atoms with Gasteiger partial charge in [-0.2, -0.15) is 13.2 Å². The Bertz CT molecular complexity index is 1540. The number of hydrogen-bond acceptors (Lipinski definition) is 4. The predicted molar refractivity (Wildman–Crippen MR) is 126 cm³/mol. The van der Waals surface area contributed by atoms with Crippen LogP contribution < -0.4 is 9.04 Å². The maximum atomic E-state index is 14.5. The van der Waals surface area contributed by atoms with Crippen molar-refractivity contribution in [3.63, 3.8) is 0 Å². The monoisotopic (exact) mass is 553 g/mol. The van der Waals surface area contributed by atoms with Gasteiger partial charge in [0.25, 0.3) is 10.0 Å². The van der Waals surface area contributed by atoms with E-state index in [4.69, 9.17) is 4.74 Å². The van der Waals surface area contributed by atoms with E-state index in [1.807, 2.05) is 0 Å². The summed E-state index contributed by atoms with van der Waals surface area (Å²) in [6, 6.07) is 9.98. The number of carboxylic acids is 1. The number of halogens is 5. The molecule has 0 spiro atoms. The van der Waals surface area contributed by atoms with Crippen molar-refractivity contribution < 1.29 is 45.0 Å². The molecular weight excluding hydrogens is 533 g/mol. The van der Waals surface area contributed by atoms with Crippen molar-refractivity contribution in [2.24, 2.45) is 17.8 Å². The maximum absolute atomic E-state index is 14.5. The molecule has 0 saturated heterocycles. The summed E-state index contributed by atoms with van der Waals surface area (Å²) in [5.41, 5.74) is -1.32. The van der Waals surface area contributed by atoms with E-state index in [0.29, 0.717) is 6.07 Å². The number of nitrogens with zero attached hydrogens (tertiary/aromatic N) is 1. The molecular formula is C26H20F5NO5S. The smallest absolute Gasteiger partial charge is 0.416 e. The van der Waals surface area contributed by atoms with E-state index in [9.17, 15) is 40.3 Å². The lowest BCUT2D eigenvalue weighted by Gasteiger charge is -2.36. The zero-order chi connectivity index (χ0) is 27.6. The minimum Gasteiger partial charge on any atom is -0.486 e. The van der Waals surface area contributed by atoms with E-state index in [2.05, 4.69) is 0 Å². The number of fused-ring (bicyclic) bond motifs is 1. The highest BCUT2D eigenvalue weighted by molar-refractivity contribution is 7.92. The molecule has 0 radical (unpaired) electrons. The molecule has 0 amide bonds. The Labute approximate surface area is 214 Å². The number of anilines is 1. The van der Waals surface area contributed by atoms with E-state index in [0.717, 1.165) is 40.7 Å². The maximum Gasteiger partial charge on any atom is 0.416 e. The quantitative estimate of drug-likeness (QED) is 0.418. The topological polar surface area (TPSA) is 83.9 Å². The fourth-order valence-corrected chi connectivity index (χ4v) is 6.53. The van der Waals surface area contributed by atoms with Gasteiger partial charge >= 0.3 is 12.1 Å². The van der Waals surface area contributed by atoms with Crippen LogP contribution >= 0.6 is 0 Å². The highest BCUT2D eigenvalue weighted by Gasteiger charge is 2.58. The Morgan fingerprint density at radius 1 is 1.05 bits per heavy atom. The van der Waals surface area contributed by atoms with E-state index in [1.54, 1.807) is 6.92 Å². The number of carboxylic acid groups (broad SMARTS) is 1. The second-order valence-electron chi connectivity index (χ2n) is 9.33. The van der Waals surface area contributed by atoms with E-state index in [1.165, 1.54) is 18.2 Å². The SMILES string of the molecule is CC1C(C(=O)O)C1C1CN(S(=O)(=O)c2cccc(C(F)(F)F)c2)c2cc(-c3cc(F)ccc3F)ccc2O1. The van der Waals surface area contributed by atoms with Gasteiger partial charge in [-0.05, 0) is 60.0 Å². The van der Waals surface area contributed by atoms with Gasteiger partial charge in [-0.3, -0.25) is 9.10 Å². The van der Waals surface area contributed by atoms with Gasteiger partial charge in [-0.25, -0.2) is 17.2 Å². The first-order valence-corrected chi connectivity index (χ1v) is 12.9. The normalized spacial score (nSPS) is 22.9. The lowest BCUT2D eigenvalue weighted by atomic mass is 10.0. The van der Waals surface area contributed by atoms with E-state index in [-0.39, 0.29) is 35.0 Å². The van der Waals surface area contributed by atoms with Crippen LogP contribution in [0.15, 0.2) is 65.6 Å². The molecule has 2 aliphatic rings. The van der Waals surface area contributed by atoms with Gasteiger partial charge < -0.3 is 9.84 Å². The summed E-state index contributed by atoms with van der Waals surface area (Å²) in [7, 11) is -4.63. The van der Waals surface area contributed by atoms with Crippen LogP contribution in [0.2, 0.25) is 0 Å². The summed E-state index contributed by atoms with van der Waals surface area (Å²) >= 11 is 0. The number of sulfonamides is 1. The fraction of sp³-hybridized carbons (Fsp3) is 0.269. The van der Waals surface area contributed by atoms with Gasteiger partial charge in [0.15, 0.2) is 0 Å². The van der Waals surface area contributed by atoms with Crippen LogP contribution in [-0.4, -0.2) is 32.1 Å². The number of alkyl halides is 3. The zero-order valence-corrected chi connectivity index (χ0v) is 20.4. The molecule has 12 heteroatoms. The van der Waals surface area contributed by atoms with Crippen molar-refractivity contribution >= 4 is 21.7 Å². The average Bonchev–Trinajstić information content (AvgIpc) is 3.55. The molecule has 1 fully saturated rings. The van der Waals surface area contributed by atoms with Crippen LogP contribution in [0.3, 0.4) is 0 Å². The number of rotatable bonds is 5. The predicted octanol–water partition coefficient (Wildman–Crippen LogP) is 5.57. The molecule has 0 bridgehead atoms. The van der Waals surface area contributed by atoms with Crippen molar-refractivity contribution in [3.8, 4) is 16.9 Å². The van der Waals surface area contributed by atoms with Gasteiger partial charge in [0.05, 0.1) is 28.6 Å². The number of ether oxygens (including phenoxy) is 1. The van der Waals surface area contributed by atoms with Crippen molar-refractivity contribution in [1.29, 1.82) is 0 Å². The molecule has 5 rings (SSSR count). The molecule has 4 atom stereocenters. The van der Waals surface area contributed by atoms with E-state index < -0.39 is 62.2 Å². The van der Waals surface area contributed by atoms with E-state index >= 15 is 0 Å². The minimum atomic E-state index is -4.79. The summed E-state index contributed by atoms with van der Waals surface area (Å²) in [5, 5.41) is 9.48. The first-order chi connectivity index (χ1) is 17.8. The van der Waals surface area contributed by atoms with Gasteiger partial charge in [0.2, 0.25) is 0 Å². The summed E-state index contributed by atoms with van der Waals surface area (Å²) in [6.07, 6.45) is -5.70. The van der Waals surface area contributed by atoms with Crippen molar-refractivity contribution in [1.82, 2.24) is 0 Å². The van der Waals surface area contributed by atoms with Crippen LogP contribution in [-0.2, 0) is 21.0 Å².